The number of piperidine rings is 1. The van der Waals surface area contributed by atoms with E-state index >= 15 is 0 Å². The van der Waals surface area contributed by atoms with Crippen molar-refractivity contribution in [1.82, 2.24) is 9.80 Å². The zero-order valence-electron chi connectivity index (χ0n) is 12.9. The van der Waals surface area contributed by atoms with Crippen molar-refractivity contribution in [2.75, 3.05) is 26.7 Å². The second kappa shape index (κ2) is 8.20. The van der Waals surface area contributed by atoms with E-state index in [2.05, 4.69) is 11.8 Å². The third-order valence-corrected chi connectivity index (χ3v) is 4.92. The topological polar surface area (TPSA) is 49.6 Å². The first-order valence-electron chi connectivity index (χ1n) is 7.80. The van der Waals surface area contributed by atoms with Gasteiger partial charge < -0.3 is 10.6 Å². The molecular formula is C15H30ClN3O. The molecule has 5 heteroatoms. The number of rotatable bonds is 3. The van der Waals surface area contributed by atoms with E-state index in [1.54, 1.807) is 0 Å². The van der Waals surface area contributed by atoms with Gasteiger partial charge in [-0.05, 0) is 44.4 Å². The summed E-state index contributed by atoms with van der Waals surface area (Å²) in [5, 5.41) is 0. The van der Waals surface area contributed by atoms with Crippen LogP contribution in [0.15, 0.2) is 0 Å². The molecule has 0 atom stereocenters. The fraction of sp³-hybridized carbons (Fsp3) is 0.933. The number of hydrogen-bond donors (Lipinski definition) is 1. The molecule has 0 aromatic rings. The van der Waals surface area contributed by atoms with Gasteiger partial charge in [-0.3, -0.25) is 9.69 Å². The molecule has 0 unspecified atom stereocenters. The van der Waals surface area contributed by atoms with Crippen LogP contribution >= 0.6 is 12.4 Å². The molecule has 1 amide bonds. The lowest BCUT2D eigenvalue weighted by Gasteiger charge is -2.36. The van der Waals surface area contributed by atoms with Crippen LogP contribution in [-0.2, 0) is 4.79 Å². The number of likely N-dealkylation sites (tertiary alicyclic amines) is 1. The predicted octanol–water partition coefficient (Wildman–Crippen LogP) is 1.87. The maximum absolute atomic E-state index is 12.3. The Labute approximate surface area is 129 Å². The Morgan fingerprint density at radius 1 is 1.15 bits per heavy atom. The average Bonchev–Trinajstić information content (AvgIpc) is 2.41. The molecule has 0 spiro atoms. The molecule has 0 bridgehead atoms. The van der Waals surface area contributed by atoms with Crippen molar-refractivity contribution < 1.29 is 4.79 Å². The maximum Gasteiger partial charge on any atom is 0.236 e. The summed E-state index contributed by atoms with van der Waals surface area (Å²) >= 11 is 0. The van der Waals surface area contributed by atoms with Gasteiger partial charge in [-0.1, -0.05) is 6.92 Å². The van der Waals surface area contributed by atoms with Crippen LogP contribution in [0.4, 0.5) is 0 Å². The Bertz CT molecular complexity index is 297. The minimum absolute atomic E-state index is 0. The van der Waals surface area contributed by atoms with Crippen LogP contribution < -0.4 is 5.73 Å². The van der Waals surface area contributed by atoms with Crippen molar-refractivity contribution in [3.63, 3.8) is 0 Å². The molecule has 1 saturated heterocycles. The summed E-state index contributed by atoms with van der Waals surface area (Å²) in [4.78, 5) is 16.6. The standard InChI is InChI=1S/C15H29N3O.ClH/c1-12-3-5-14(6-4-12)17(2)15(19)11-18-9-7-13(16)8-10-18;/h12-14H,3-11,16H2,1-2H3;1H. The molecule has 2 fully saturated rings. The first kappa shape index (κ1) is 17.7. The fourth-order valence-corrected chi connectivity index (χ4v) is 3.25. The first-order valence-corrected chi connectivity index (χ1v) is 7.80. The lowest BCUT2D eigenvalue weighted by atomic mass is 9.87. The summed E-state index contributed by atoms with van der Waals surface area (Å²) in [7, 11) is 1.98. The summed E-state index contributed by atoms with van der Waals surface area (Å²) in [6.45, 7) is 4.84. The van der Waals surface area contributed by atoms with Crippen LogP contribution in [0.3, 0.4) is 0 Å². The molecular weight excluding hydrogens is 274 g/mol. The SMILES string of the molecule is CC1CCC(N(C)C(=O)CN2CCC(N)CC2)CC1.Cl. The van der Waals surface area contributed by atoms with Gasteiger partial charge in [0.25, 0.3) is 0 Å². The highest BCUT2D eigenvalue weighted by atomic mass is 35.5. The molecule has 0 aromatic heterocycles. The summed E-state index contributed by atoms with van der Waals surface area (Å²) < 4.78 is 0. The molecule has 20 heavy (non-hydrogen) atoms. The Morgan fingerprint density at radius 3 is 2.25 bits per heavy atom. The van der Waals surface area contributed by atoms with Crippen molar-refractivity contribution in [1.29, 1.82) is 0 Å². The number of hydrogen-bond acceptors (Lipinski definition) is 3. The van der Waals surface area contributed by atoms with Crippen LogP contribution in [0.2, 0.25) is 0 Å². The quantitative estimate of drug-likeness (QED) is 0.866. The number of nitrogens with two attached hydrogens (primary N) is 1. The molecule has 1 heterocycles. The molecule has 2 rings (SSSR count). The van der Waals surface area contributed by atoms with Crippen LogP contribution in [0, 0.1) is 5.92 Å². The molecule has 1 aliphatic carbocycles. The number of halogens is 1. The largest absolute Gasteiger partial charge is 0.342 e. The van der Waals surface area contributed by atoms with Crippen molar-refractivity contribution in [3.8, 4) is 0 Å². The highest BCUT2D eigenvalue weighted by molar-refractivity contribution is 5.85. The number of likely N-dealkylation sites (N-methyl/N-ethyl adjacent to an activating group) is 1. The highest BCUT2D eigenvalue weighted by Gasteiger charge is 2.26. The molecule has 0 radical (unpaired) electrons. The Kier molecular flexibility index (Phi) is 7.27. The summed E-state index contributed by atoms with van der Waals surface area (Å²) in [5.74, 6) is 1.12. The van der Waals surface area contributed by atoms with Crippen molar-refractivity contribution >= 4 is 18.3 Å². The molecule has 118 valence electrons. The lowest BCUT2D eigenvalue weighted by Crippen LogP contribution is -2.47. The van der Waals surface area contributed by atoms with E-state index in [1.165, 1.54) is 25.7 Å². The van der Waals surface area contributed by atoms with E-state index in [0.717, 1.165) is 31.8 Å². The second-order valence-corrected chi connectivity index (χ2v) is 6.53. The van der Waals surface area contributed by atoms with E-state index < -0.39 is 0 Å². The predicted molar refractivity (Wildman–Crippen MR) is 85.1 cm³/mol. The highest BCUT2D eigenvalue weighted by Crippen LogP contribution is 2.26. The van der Waals surface area contributed by atoms with Gasteiger partial charge in [-0.2, -0.15) is 0 Å². The zero-order valence-corrected chi connectivity index (χ0v) is 13.7. The lowest BCUT2D eigenvalue weighted by molar-refractivity contribution is -0.134. The first-order chi connectivity index (χ1) is 9.06. The number of carbonyl (C=O) groups is 1. The van der Waals surface area contributed by atoms with Crippen LogP contribution in [0.1, 0.15) is 45.4 Å². The van der Waals surface area contributed by atoms with Crippen molar-refractivity contribution in [3.05, 3.63) is 0 Å². The number of carbonyl (C=O) groups excluding carboxylic acids is 1. The van der Waals surface area contributed by atoms with Gasteiger partial charge in [-0.15, -0.1) is 12.4 Å². The van der Waals surface area contributed by atoms with Gasteiger partial charge in [0, 0.05) is 32.2 Å². The van der Waals surface area contributed by atoms with Gasteiger partial charge in [0.2, 0.25) is 5.91 Å². The third-order valence-electron chi connectivity index (χ3n) is 4.92. The molecule has 1 saturated carbocycles. The minimum atomic E-state index is 0. The van der Waals surface area contributed by atoms with Gasteiger partial charge in [0.15, 0.2) is 0 Å². The summed E-state index contributed by atoms with van der Waals surface area (Å²) in [6, 6.07) is 0.805. The van der Waals surface area contributed by atoms with E-state index in [4.69, 9.17) is 5.73 Å². The zero-order chi connectivity index (χ0) is 13.8. The number of nitrogens with zero attached hydrogens (tertiary/aromatic N) is 2. The molecule has 0 aromatic carbocycles. The Morgan fingerprint density at radius 2 is 1.70 bits per heavy atom. The monoisotopic (exact) mass is 303 g/mol. The van der Waals surface area contributed by atoms with Gasteiger partial charge in [0.1, 0.15) is 0 Å². The van der Waals surface area contributed by atoms with Crippen LogP contribution in [0.25, 0.3) is 0 Å². The Hall–Kier alpha value is -0.320. The van der Waals surface area contributed by atoms with Crippen LogP contribution in [0.5, 0.6) is 0 Å². The minimum Gasteiger partial charge on any atom is -0.342 e. The van der Waals surface area contributed by atoms with E-state index in [1.807, 2.05) is 11.9 Å². The van der Waals surface area contributed by atoms with Crippen molar-refractivity contribution in [2.45, 2.75) is 57.5 Å². The van der Waals surface area contributed by atoms with Crippen molar-refractivity contribution in [2.24, 2.45) is 11.7 Å². The van der Waals surface area contributed by atoms with Gasteiger partial charge in [-0.25, -0.2) is 0 Å². The number of amides is 1. The van der Waals surface area contributed by atoms with E-state index in [0.29, 0.717) is 18.6 Å². The summed E-state index contributed by atoms with van der Waals surface area (Å²) in [6.07, 6.45) is 6.93. The fourth-order valence-electron chi connectivity index (χ4n) is 3.25. The smallest absolute Gasteiger partial charge is 0.236 e. The van der Waals surface area contributed by atoms with Crippen LogP contribution in [-0.4, -0.2) is 54.5 Å². The summed E-state index contributed by atoms with van der Waals surface area (Å²) in [5.41, 5.74) is 5.90. The van der Waals surface area contributed by atoms with E-state index in [9.17, 15) is 4.79 Å². The van der Waals surface area contributed by atoms with Gasteiger partial charge >= 0.3 is 0 Å². The molecule has 4 nitrogen and oxygen atoms in total. The third kappa shape index (κ3) is 4.90. The maximum atomic E-state index is 12.3. The van der Waals surface area contributed by atoms with E-state index in [-0.39, 0.29) is 18.3 Å². The molecule has 1 aliphatic heterocycles. The second-order valence-electron chi connectivity index (χ2n) is 6.53. The molecule has 2 N–H and O–H groups in total. The molecule has 2 aliphatic rings. The normalized spacial score (nSPS) is 28.8. The average molecular weight is 304 g/mol. The Balaban J connectivity index is 0.00000200. The van der Waals surface area contributed by atoms with Gasteiger partial charge in [0.05, 0.1) is 6.54 Å².